The van der Waals surface area contributed by atoms with Gasteiger partial charge in [-0.1, -0.05) is 6.07 Å². The molecule has 0 atom stereocenters. The molecule has 0 aliphatic carbocycles. The molecule has 0 unspecified atom stereocenters. The van der Waals surface area contributed by atoms with Crippen molar-refractivity contribution in [2.45, 2.75) is 13.1 Å². The Morgan fingerprint density at radius 2 is 1.86 bits per heavy atom. The summed E-state index contributed by atoms with van der Waals surface area (Å²) in [5.41, 5.74) is 6.57. The molecule has 0 aliphatic heterocycles. The van der Waals surface area contributed by atoms with Crippen molar-refractivity contribution in [1.82, 2.24) is 0 Å². The molecule has 1 amide bonds. The van der Waals surface area contributed by atoms with Gasteiger partial charge in [-0.05, 0) is 48.9 Å². The number of carbonyl (C=O) groups excluding carboxylic acids is 1. The van der Waals surface area contributed by atoms with Crippen LogP contribution >= 0.6 is 0 Å². The molecule has 0 bridgehead atoms. The van der Waals surface area contributed by atoms with Gasteiger partial charge in [0.15, 0.2) is 0 Å². The molecular weight excluding hydrogens is 281 g/mol. The topological polar surface area (TPSA) is 55.1 Å². The molecule has 0 fully saturated rings. The van der Waals surface area contributed by atoms with Crippen LogP contribution in [0, 0.1) is 6.92 Å². The van der Waals surface area contributed by atoms with Crippen LogP contribution in [0.4, 0.5) is 24.5 Å². The van der Waals surface area contributed by atoms with Crippen molar-refractivity contribution >= 4 is 17.3 Å². The highest BCUT2D eigenvalue weighted by Gasteiger charge is 2.30. The number of carbonyl (C=O) groups is 1. The number of amides is 1. The van der Waals surface area contributed by atoms with Crippen LogP contribution in [0.2, 0.25) is 0 Å². The normalized spacial score (nSPS) is 11.2. The van der Waals surface area contributed by atoms with E-state index in [1.54, 1.807) is 25.1 Å². The molecule has 2 rings (SSSR count). The Bertz CT molecular complexity index is 681. The number of nitrogen functional groups attached to an aromatic ring is 1. The van der Waals surface area contributed by atoms with Crippen molar-refractivity contribution in [3.8, 4) is 0 Å². The predicted molar refractivity (Wildman–Crippen MR) is 75.0 cm³/mol. The summed E-state index contributed by atoms with van der Waals surface area (Å²) in [6.45, 7) is 1.77. The second-order valence-corrected chi connectivity index (χ2v) is 4.60. The van der Waals surface area contributed by atoms with Crippen molar-refractivity contribution < 1.29 is 18.0 Å². The Morgan fingerprint density at radius 3 is 2.48 bits per heavy atom. The van der Waals surface area contributed by atoms with Gasteiger partial charge in [0.1, 0.15) is 0 Å². The van der Waals surface area contributed by atoms with Gasteiger partial charge in [0.05, 0.1) is 5.56 Å². The van der Waals surface area contributed by atoms with Crippen molar-refractivity contribution in [1.29, 1.82) is 0 Å². The molecule has 3 nitrogen and oxygen atoms in total. The highest BCUT2D eigenvalue weighted by Crippen LogP contribution is 2.29. The highest BCUT2D eigenvalue weighted by molar-refractivity contribution is 6.04. The molecule has 0 radical (unpaired) electrons. The second-order valence-electron chi connectivity index (χ2n) is 4.60. The Morgan fingerprint density at radius 1 is 1.14 bits per heavy atom. The van der Waals surface area contributed by atoms with Crippen LogP contribution in [0.5, 0.6) is 0 Å². The number of nitrogens with two attached hydrogens (primary N) is 1. The molecule has 0 saturated carbocycles. The van der Waals surface area contributed by atoms with Crippen LogP contribution in [0.15, 0.2) is 42.5 Å². The summed E-state index contributed by atoms with van der Waals surface area (Å²) >= 11 is 0. The molecule has 110 valence electrons. The van der Waals surface area contributed by atoms with E-state index in [9.17, 15) is 18.0 Å². The minimum Gasteiger partial charge on any atom is -0.399 e. The summed E-state index contributed by atoms with van der Waals surface area (Å²) in [6.07, 6.45) is -4.48. The number of benzene rings is 2. The lowest BCUT2D eigenvalue weighted by molar-refractivity contribution is -0.137. The summed E-state index contributed by atoms with van der Waals surface area (Å²) in [6, 6.07) is 9.14. The second kappa shape index (κ2) is 5.47. The minimum atomic E-state index is -4.48. The molecule has 0 spiro atoms. The van der Waals surface area contributed by atoms with Crippen molar-refractivity contribution in [3.63, 3.8) is 0 Å². The number of nitrogens with one attached hydrogen (secondary N) is 1. The van der Waals surface area contributed by atoms with E-state index >= 15 is 0 Å². The van der Waals surface area contributed by atoms with Crippen LogP contribution < -0.4 is 11.1 Å². The van der Waals surface area contributed by atoms with Gasteiger partial charge in [0.2, 0.25) is 0 Å². The van der Waals surface area contributed by atoms with Crippen molar-refractivity contribution in [3.05, 3.63) is 59.2 Å². The number of hydrogen-bond donors (Lipinski definition) is 2. The maximum atomic E-state index is 12.6. The molecule has 3 N–H and O–H groups in total. The van der Waals surface area contributed by atoms with Crippen LogP contribution in [0.25, 0.3) is 0 Å². The Balaban J connectivity index is 2.22. The smallest absolute Gasteiger partial charge is 0.399 e. The van der Waals surface area contributed by atoms with E-state index in [2.05, 4.69) is 5.32 Å². The summed E-state index contributed by atoms with van der Waals surface area (Å²) < 4.78 is 37.8. The molecule has 2 aromatic rings. The summed E-state index contributed by atoms with van der Waals surface area (Å²) in [7, 11) is 0. The first kappa shape index (κ1) is 14.9. The quantitative estimate of drug-likeness (QED) is 0.827. The Hall–Kier alpha value is -2.50. The third-order valence-corrected chi connectivity index (χ3v) is 2.98. The molecule has 0 aliphatic rings. The average molecular weight is 294 g/mol. The Kier molecular flexibility index (Phi) is 3.88. The number of halogens is 3. The maximum absolute atomic E-state index is 12.6. The van der Waals surface area contributed by atoms with E-state index in [0.717, 1.165) is 17.7 Å². The predicted octanol–water partition coefficient (Wildman–Crippen LogP) is 3.85. The highest BCUT2D eigenvalue weighted by atomic mass is 19.4. The molecule has 0 heterocycles. The van der Waals surface area contributed by atoms with E-state index in [1.807, 2.05) is 0 Å². The van der Waals surface area contributed by atoms with Gasteiger partial charge in [-0.15, -0.1) is 0 Å². The molecule has 0 aromatic heterocycles. The first-order chi connectivity index (χ1) is 9.77. The number of alkyl halides is 3. The van der Waals surface area contributed by atoms with Gasteiger partial charge in [-0.2, -0.15) is 13.2 Å². The minimum absolute atomic E-state index is 0.0562. The monoisotopic (exact) mass is 294 g/mol. The lowest BCUT2D eigenvalue weighted by atomic mass is 10.1. The third kappa shape index (κ3) is 3.53. The lowest BCUT2D eigenvalue weighted by Gasteiger charge is -2.10. The van der Waals surface area contributed by atoms with Gasteiger partial charge >= 0.3 is 6.18 Å². The first-order valence-electron chi connectivity index (χ1n) is 6.12. The van der Waals surface area contributed by atoms with Crippen molar-refractivity contribution in [2.24, 2.45) is 0 Å². The summed E-state index contributed by atoms with van der Waals surface area (Å²) in [5, 5.41) is 2.54. The molecule has 0 saturated heterocycles. The van der Waals surface area contributed by atoms with Gasteiger partial charge in [-0.3, -0.25) is 4.79 Å². The maximum Gasteiger partial charge on any atom is 0.416 e. The fraction of sp³-hybridized carbons (Fsp3) is 0.133. The SMILES string of the molecule is Cc1cc(NC(=O)c2cccc(C(F)(F)F)c2)ccc1N. The number of anilines is 2. The molecular formula is C15H13F3N2O. The van der Waals surface area contributed by atoms with E-state index in [0.29, 0.717) is 11.4 Å². The van der Waals surface area contributed by atoms with E-state index in [4.69, 9.17) is 5.73 Å². The van der Waals surface area contributed by atoms with Crippen LogP contribution in [-0.4, -0.2) is 5.91 Å². The zero-order chi connectivity index (χ0) is 15.6. The fourth-order valence-electron chi connectivity index (χ4n) is 1.79. The van der Waals surface area contributed by atoms with Gasteiger partial charge in [-0.25, -0.2) is 0 Å². The van der Waals surface area contributed by atoms with E-state index in [-0.39, 0.29) is 5.56 Å². The van der Waals surface area contributed by atoms with Crippen LogP contribution in [0.1, 0.15) is 21.5 Å². The number of rotatable bonds is 2. The van der Waals surface area contributed by atoms with E-state index < -0.39 is 17.6 Å². The summed E-state index contributed by atoms with van der Waals surface area (Å²) in [4.78, 5) is 12.0. The first-order valence-corrected chi connectivity index (χ1v) is 6.12. The fourth-order valence-corrected chi connectivity index (χ4v) is 1.79. The van der Waals surface area contributed by atoms with Crippen LogP contribution in [-0.2, 0) is 6.18 Å². The van der Waals surface area contributed by atoms with Crippen molar-refractivity contribution in [2.75, 3.05) is 11.1 Å². The number of aryl methyl sites for hydroxylation is 1. The standard InChI is InChI=1S/C15H13F3N2O/c1-9-7-12(5-6-13(9)19)20-14(21)10-3-2-4-11(8-10)15(16,17)18/h2-8H,19H2,1H3,(H,20,21). The third-order valence-electron chi connectivity index (χ3n) is 2.98. The van der Waals surface area contributed by atoms with Gasteiger partial charge < -0.3 is 11.1 Å². The zero-order valence-corrected chi connectivity index (χ0v) is 11.2. The van der Waals surface area contributed by atoms with Gasteiger partial charge in [0.25, 0.3) is 5.91 Å². The van der Waals surface area contributed by atoms with E-state index in [1.165, 1.54) is 12.1 Å². The lowest BCUT2D eigenvalue weighted by Crippen LogP contribution is -2.14. The number of hydrogen-bond acceptors (Lipinski definition) is 2. The molecule has 2 aromatic carbocycles. The molecule has 21 heavy (non-hydrogen) atoms. The average Bonchev–Trinajstić information content (AvgIpc) is 2.42. The van der Waals surface area contributed by atoms with Crippen LogP contribution in [0.3, 0.4) is 0 Å². The van der Waals surface area contributed by atoms with Gasteiger partial charge in [0, 0.05) is 16.9 Å². The zero-order valence-electron chi connectivity index (χ0n) is 11.2. The molecule has 6 heteroatoms. The largest absolute Gasteiger partial charge is 0.416 e. The Labute approximate surface area is 119 Å². The summed E-state index contributed by atoms with van der Waals surface area (Å²) in [5.74, 6) is -0.606.